The first kappa shape index (κ1) is 17.7. The molecule has 0 spiro atoms. The van der Waals surface area contributed by atoms with Gasteiger partial charge >= 0.3 is 12.0 Å². The van der Waals surface area contributed by atoms with Crippen LogP contribution in [0.4, 0.5) is 23.4 Å². The fourth-order valence-corrected chi connectivity index (χ4v) is 2.54. The van der Waals surface area contributed by atoms with Crippen LogP contribution in [-0.4, -0.2) is 20.4 Å². The maximum absolute atomic E-state index is 5.61. The lowest BCUT2D eigenvalue weighted by Gasteiger charge is -2.01. The molecular formula is C20H20N6O2. The Balaban J connectivity index is 1.31. The van der Waals surface area contributed by atoms with Crippen LogP contribution in [0.3, 0.4) is 0 Å². The summed E-state index contributed by atoms with van der Waals surface area (Å²) >= 11 is 0. The Bertz CT molecular complexity index is 952. The van der Waals surface area contributed by atoms with Gasteiger partial charge in [0.2, 0.25) is 11.8 Å². The van der Waals surface area contributed by atoms with Gasteiger partial charge in [-0.25, -0.2) is 0 Å². The average Bonchev–Trinajstić information content (AvgIpc) is 3.33. The molecule has 0 aliphatic rings. The first-order valence-corrected chi connectivity index (χ1v) is 8.96. The Morgan fingerprint density at radius 1 is 0.607 bits per heavy atom. The summed E-state index contributed by atoms with van der Waals surface area (Å²) in [6, 6.07) is 16.6. The number of hydrogen-bond acceptors (Lipinski definition) is 8. The normalized spacial score (nSPS) is 10.8. The highest BCUT2D eigenvalue weighted by Gasteiger charge is 2.11. The van der Waals surface area contributed by atoms with E-state index in [4.69, 9.17) is 8.83 Å². The lowest BCUT2D eigenvalue weighted by atomic mass is 10.2. The fourth-order valence-electron chi connectivity index (χ4n) is 2.54. The molecule has 0 amide bonds. The molecule has 0 saturated heterocycles. The van der Waals surface area contributed by atoms with Gasteiger partial charge in [0.25, 0.3) is 0 Å². The van der Waals surface area contributed by atoms with Crippen molar-refractivity contribution in [2.75, 3.05) is 10.6 Å². The predicted molar refractivity (Wildman–Crippen MR) is 105 cm³/mol. The van der Waals surface area contributed by atoms with Crippen molar-refractivity contribution in [1.29, 1.82) is 0 Å². The highest BCUT2D eigenvalue weighted by molar-refractivity contribution is 5.52. The monoisotopic (exact) mass is 376 g/mol. The minimum Gasteiger partial charge on any atom is -0.408 e. The maximum atomic E-state index is 5.61. The third kappa shape index (κ3) is 4.53. The van der Waals surface area contributed by atoms with Crippen molar-refractivity contribution >= 4 is 23.4 Å². The average molecular weight is 376 g/mol. The molecule has 0 aliphatic carbocycles. The van der Waals surface area contributed by atoms with E-state index >= 15 is 0 Å². The Morgan fingerprint density at radius 3 is 1.39 bits per heavy atom. The molecule has 0 bridgehead atoms. The lowest BCUT2D eigenvalue weighted by molar-refractivity contribution is 0.470. The predicted octanol–water partition coefficient (Wildman–Crippen LogP) is 4.34. The topological polar surface area (TPSA) is 102 Å². The lowest BCUT2D eigenvalue weighted by Crippen LogP contribution is -1.92. The van der Waals surface area contributed by atoms with Gasteiger partial charge in [0.15, 0.2) is 0 Å². The summed E-state index contributed by atoms with van der Waals surface area (Å²) in [5.41, 5.74) is 4.16. The van der Waals surface area contributed by atoms with E-state index in [0.717, 1.165) is 11.4 Å². The molecule has 8 heteroatoms. The Morgan fingerprint density at radius 2 is 1.00 bits per heavy atom. The second-order valence-electron chi connectivity index (χ2n) is 6.48. The van der Waals surface area contributed by atoms with E-state index in [1.807, 2.05) is 62.4 Å². The number of nitrogens with zero attached hydrogens (tertiary/aromatic N) is 4. The van der Waals surface area contributed by atoms with E-state index < -0.39 is 0 Å². The van der Waals surface area contributed by atoms with Gasteiger partial charge < -0.3 is 19.5 Å². The van der Waals surface area contributed by atoms with E-state index in [2.05, 4.69) is 31.0 Å². The molecule has 0 unspecified atom stereocenters. The van der Waals surface area contributed by atoms with Crippen LogP contribution in [0.15, 0.2) is 57.4 Å². The first-order chi connectivity index (χ1) is 13.6. The van der Waals surface area contributed by atoms with Gasteiger partial charge in [-0.05, 0) is 38.1 Å². The maximum Gasteiger partial charge on any atom is 0.320 e. The number of aryl methyl sites for hydroxylation is 4. The van der Waals surface area contributed by atoms with Gasteiger partial charge in [-0.2, -0.15) is 0 Å². The Labute approximate surface area is 162 Å². The van der Waals surface area contributed by atoms with Crippen molar-refractivity contribution in [3.63, 3.8) is 0 Å². The van der Waals surface area contributed by atoms with Crippen LogP contribution in [-0.2, 0) is 12.8 Å². The molecule has 2 aromatic heterocycles. The van der Waals surface area contributed by atoms with Crippen molar-refractivity contribution in [1.82, 2.24) is 20.4 Å². The number of nitrogens with one attached hydrogen (secondary N) is 2. The van der Waals surface area contributed by atoms with E-state index in [-0.39, 0.29) is 0 Å². The molecule has 0 aliphatic heterocycles. The minimum absolute atomic E-state index is 0.353. The molecular weight excluding hydrogens is 356 g/mol. The number of anilines is 4. The van der Waals surface area contributed by atoms with Crippen LogP contribution in [0.25, 0.3) is 0 Å². The van der Waals surface area contributed by atoms with Crippen molar-refractivity contribution < 1.29 is 8.83 Å². The molecule has 142 valence electrons. The van der Waals surface area contributed by atoms with Crippen LogP contribution >= 0.6 is 0 Å². The zero-order valence-corrected chi connectivity index (χ0v) is 15.6. The second-order valence-corrected chi connectivity index (χ2v) is 6.48. The molecule has 0 fully saturated rings. The molecule has 4 rings (SSSR count). The molecule has 4 aromatic rings. The molecule has 2 N–H and O–H groups in total. The van der Waals surface area contributed by atoms with Gasteiger partial charge in [0.1, 0.15) is 0 Å². The largest absolute Gasteiger partial charge is 0.408 e. The summed E-state index contributed by atoms with van der Waals surface area (Å²) < 4.78 is 11.2. The standard InChI is InChI=1S/C20H20N6O2/c1-13-3-7-15(8-4-13)21-19-25-23-17(27-19)11-12-18-24-26-20(28-18)22-16-9-5-14(2)6-10-16/h3-10H,11-12H2,1-2H3,(H,21,25)(H,22,26). The summed E-state index contributed by atoms with van der Waals surface area (Å²) in [5, 5.41) is 22.3. The molecule has 8 nitrogen and oxygen atoms in total. The second kappa shape index (κ2) is 7.91. The summed E-state index contributed by atoms with van der Waals surface area (Å²) in [5.74, 6) is 1.00. The molecule has 0 atom stereocenters. The van der Waals surface area contributed by atoms with Crippen LogP contribution in [0.2, 0.25) is 0 Å². The van der Waals surface area contributed by atoms with E-state index in [1.54, 1.807) is 0 Å². The fraction of sp³-hybridized carbons (Fsp3) is 0.200. The van der Waals surface area contributed by atoms with Gasteiger partial charge in [-0.1, -0.05) is 45.6 Å². The van der Waals surface area contributed by atoms with Gasteiger partial charge in [0, 0.05) is 24.2 Å². The highest BCUT2D eigenvalue weighted by atomic mass is 16.4. The summed E-state index contributed by atoms with van der Waals surface area (Å²) in [6.45, 7) is 4.07. The third-order valence-electron chi connectivity index (χ3n) is 4.09. The molecule has 28 heavy (non-hydrogen) atoms. The SMILES string of the molecule is Cc1ccc(Nc2nnc(CCc3nnc(Nc4ccc(C)cc4)o3)o2)cc1. The van der Waals surface area contributed by atoms with Crippen LogP contribution in [0.5, 0.6) is 0 Å². The Kier molecular flexibility index (Phi) is 5.01. The summed E-state index contributed by atoms with van der Waals surface area (Å²) in [4.78, 5) is 0. The number of rotatable bonds is 7. The quantitative estimate of drug-likeness (QED) is 0.491. The van der Waals surface area contributed by atoms with E-state index in [9.17, 15) is 0 Å². The number of hydrogen-bond donors (Lipinski definition) is 2. The summed E-state index contributed by atoms with van der Waals surface area (Å²) in [6.07, 6.45) is 1.02. The van der Waals surface area contributed by atoms with Crippen molar-refractivity contribution in [3.05, 3.63) is 71.4 Å². The number of benzene rings is 2. The highest BCUT2D eigenvalue weighted by Crippen LogP contribution is 2.18. The zero-order valence-electron chi connectivity index (χ0n) is 15.6. The number of aromatic nitrogens is 4. The van der Waals surface area contributed by atoms with Crippen LogP contribution in [0.1, 0.15) is 22.9 Å². The third-order valence-corrected chi connectivity index (χ3v) is 4.09. The smallest absolute Gasteiger partial charge is 0.320 e. The molecule has 0 saturated carbocycles. The van der Waals surface area contributed by atoms with Crippen molar-refractivity contribution in [3.8, 4) is 0 Å². The first-order valence-electron chi connectivity index (χ1n) is 8.96. The zero-order chi connectivity index (χ0) is 19.3. The molecule has 2 heterocycles. The Hall–Kier alpha value is -3.68. The van der Waals surface area contributed by atoms with Crippen LogP contribution < -0.4 is 10.6 Å². The molecule has 0 radical (unpaired) electrons. The van der Waals surface area contributed by atoms with Crippen molar-refractivity contribution in [2.24, 2.45) is 0 Å². The molecule has 2 aromatic carbocycles. The van der Waals surface area contributed by atoms with E-state index in [0.29, 0.717) is 36.7 Å². The van der Waals surface area contributed by atoms with Gasteiger partial charge in [-0.3, -0.25) is 0 Å². The van der Waals surface area contributed by atoms with E-state index in [1.165, 1.54) is 11.1 Å². The van der Waals surface area contributed by atoms with Gasteiger partial charge in [0.05, 0.1) is 0 Å². The summed E-state index contributed by atoms with van der Waals surface area (Å²) in [7, 11) is 0. The minimum atomic E-state index is 0.353. The van der Waals surface area contributed by atoms with Gasteiger partial charge in [-0.15, -0.1) is 10.2 Å². The van der Waals surface area contributed by atoms with Crippen LogP contribution in [0, 0.1) is 13.8 Å². The van der Waals surface area contributed by atoms with Crippen molar-refractivity contribution in [2.45, 2.75) is 26.7 Å².